The number of anilines is 1. The van der Waals surface area contributed by atoms with E-state index in [9.17, 15) is 33.6 Å². The number of primary amides is 1. The van der Waals surface area contributed by atoms with Crippen molar-refractivity contribution in [2.45, 2.75) is 92.3 Å². The fourth-order valence-corrected chi connectivity index (χ4v) is 5.26. The van der Waals surface area contributed by atoms with E-state index in [-0.39, 0.29) is 55.6 Å². The number of benzene rings is 1. The van der Waals surface area contributed by atoms with Crippen molar-refractivity contribution in [1.29, 1.82) is 0 Å². The highest BCUT2D eigenvalue weighted by atomic mass is 16.6. The number of hydrogen-bond acceptors (Lipinski definition) is 8. The molecule has 1 unspecified atom stereocenters. The summed E-state index contributed by atoms with van der Waals surface area (Å²) in [7, 11) is 1.45. The topological polar surface area (TPSA) is 197 Å². The molecule has 1 aliphatic heterocycles. The maximum atomic E-state index is 12.8. The number of carbonyl (C=O) groups is 7. The number of nitrogens with zero attached hydrogens (tertiary/aromatic N) is 2. The van der Waals surface area contributed by atoms with E-state index in [0.717, 1.165) is 0 Å². The summed E-state index contributed by atoms with van der Waals surface area (Å²) >= 11 is 0. The van der Waals surface area contributed by atoms with Crippen molar-refractivity contribution >= 4 is 47.2 Å². The van der Waals surface area contributed by atoms with Crippen molar-refractivity contribution in [2.75, 3.05) is 25.5 Å². The van der Waals surface area contributed by atoms with Crippen molar-refractivity contribution in [2.24, 2.45) is 23.0 Å². The summed E-state index contributed by atoms with van der Waals surface area (Å²) < 4.78 is 5.28. The van der Waals surface area contributed by atoms with Crippen molar-refractivity contribution < 1.29 is 38.3 Å². The molecule has 1 aromatic carbocycles. The van der Waals surface area contributed by atoms with E-state index in [2.05, 4.69) is 16.0 Å². The van der Waals surface area contributed by atoms with Gasteiger partial charge in [-0.3, -0.25) is 38.6 Å². The van der Waals surface area contributed by atoms with Gasteiger partial charge in [0.1, 0.15) is 18.7 Å². The van der Waals surface area contributed by atoms with Gasteiger partial charge in [-0.2, -0.15) is 0 Å². The third-order valence-corrected chi connectivity index (χ3v) is 7.92. The zero-order chi connectivity index (χ0) is 35.5. The van der Waals surface area contributed by atoms with Crippen LogP contribution in [0.5, 0.6) is 0 Å². The zero-order valence-corrected chi connectivity index (χ0v) is 28.5. The molecule has 1 fully saturated rings. The Hall–Kier alpha value is -4.49. The maximum Gasteiger partial charge on any atom is 0.410 e. The molecule has 7 amide bonds. The molecule has 1 saturated heterocycles. The van der Waals surface area contributed by atoms with Gasteiger partial charge < -0.3 is 26.4 Å². The number of hydrogen-bond donors (Lipinski definition) is 4. The summed E-state index contributed by atoms with van der Waals surface area (Å²) in [4.78, 5) is 88.7. The fraction of sp³-hybridized carbons (Fsp3) is 0.606. The van der Waals surface area contributed by atoms with E-state index < -0.39 is 41.3 Å². The molecule has 1 aliphatic rings. The number of amides is 7. The Morgan fingerprint density at radius 3 is 2.13 bits per heavy atom. The second-order valence-corrected chi connectivity index (χ2v) is 13.2. The van der Waals surface area contributed by atoms with Gasteiger partial charge in [0.2, 0.25) is 35.4 Å². The Morgan fingerprint density at radius 2 is 1.60 bits per heavy atom. The Bertz CT molecular complexity index is 1310. The van der Waals surface area contributed by atoms with Crippen LogP contribution in [0.1, 0.15) is 79.2 Å². The highest BCUT2D eigenvalue weighted by molar-refractivity contribution is 6.05. The molecule has 2 rings (SSSR count). The van der Waals surface area contributed by atoms with Gasteiger partial charge in [-0.25, -0.2) is 4.79 Å². The van der Waals surface area contributed by atoms with Crippen LogP contribution < -0.4 is 21.7 Å². The van der Waals surface area contributed by atoms with Crippen molar-refractivity contribution in [1.82, 2.24) is 20.4 Å². The lowest BCUT2D eigenvalue weighted by atomic mass is 9.92. The average Bonchev–Trinajstić information content (AvgIpc) is 3.18. The van der Waals surface area contributed by atoms with Gasteiger partial charge in [0, 0.05) is 32.1 Å². The summed E-state index contributed by atoms with van der Waals surface area (Å²) in [6.45, 7) is 10.6. The minimum atomic E-state index is -0.836. The lowest BCUT2D eigenvalue weighted by molar-refractivity contribution is -0.141. The first-order chi connectivity index (χ1) is 21.9. The smallest absolute Gasteiger partial charge is 0.410 e. The fourth-order valence-electron chi connectivity index (χ4n) is 5.26. The molecule has 1 aromatic rings. The van der Waals surface area contributed by atoms with Crippen LogP contribution in [0, 0.1) is 17.3 Å². The molecule has 5 N–H and O–H groups in total. The van der Waals surface area contributed by atoms with Gasteiger partial charge in [0.15, 0.2) is 0 Å². The second-order valence-electron chi connectivity index (χ2n) is 13.2. The van der Waals surface area contributed by atoms with Crippen molar-refractivity contribution in [3.8, 4) is 0 Å². The van der Waals surface area contributed by atoms with Crippen LogP contribution in [-0.4, -0.2) is 83.6 Å². The highest BCUT2D eigenvalue weighted by Gasteiger charge is 2.44. The molecule has 47 heavy (non-hydrogen) atoms. The predicted octanol–water partition coefficient (Wildman–Crippen LogP) is 2.31. The third-order valence-electron chi connectivity index (χ3n) is 7.92. The summed E-state index contributed by atoms with van der Waals surface area (Å²) in [6, 6.07) is 4.91. The lowest BCUT2D eigenvalue weighted by Gasteiger charge is -2.27. The summed E-state index contributed by atoms with van der Waals surface area (Å²) in [5.41, 5.74) is 5.84. The normalized spacial score (nSPS) is 15.3. The molecule has 0 bridgehead atoms. The molecular formula is C33H50N6O8. The molecule has 14 nitrogen and oxygen atoms in total. The SMILES string of the molecule is CC(C)C(NC(=O)CCCCCN1C(=O)CC(C)(C)C1=O)C(=O)NCC(=O)Nc1ccc(COC(=O)N(C)[C@H](C(N)=O)C(C)C)cc1. The molecule has 1 heterocycles. The number of imide groups is 1. The second kappa shape index (κ2) is 17.4. The number of carbonyl (C=O) groups excluding carboxylic acids is 7. The molecule has 0 spiro atoms. The number of nitrogens with one attached hydrogen (secondary N) is 3. The standard InChI is InChI=1S/C33H50N6O8/c1-20(2)27(37-24(40)11-9-8-10-16-39-26(42)17-33(5,6)31(39)45)30(44)35-18-25(41)36-23-14-12-22(13-15-23)19-47-32(46)38(7)28(21(3)4)29(34)43/h12-15,20-21,27-28H,8-11,16-19H2,1-7H3,(H2,34,43)(H,35,44)(H,36,41)(H,37,40)/t27?,28-/m0/s1. The Kier molecular flexibility index (Phi) is 14.4. The Labute approximate surface area is 276 Å². The molecule has 2 atom stereocenters. The van der Waals surface area contributed by atoms with Gasteiger partial charge in [-0.1, -0.05) is 60.1 Å². The van der Waals surface area contributed by atoms with E-state index in [1.807, 2.05) is 0 Å². The predicted molar refractivity (Wildman–Crippen MR) is 174 cm³/mol. The van der Waals surface area contributed by atoms with Crippen LogP contribution in [0.25, 0.3) is 0 Å². The first-order valence-corrected chi connectivity index (χ1v) is 15.9. The minimum Gasteiger partial charge on any atom is -0.445 e. The first kappa shape index (κ1) is 38.7. The summed E-state index contributed by atoms with van der Waals surface area (Å²) in [5, 5.41) is 7.97. The number of rotatable bonds is 17. The molecular weight excluding hydrogens is 608 g/mol. The first-order valence-electron chi connectivity index (χ1n) is 15.9. The van der Waals surface area contributed by atoms with E-state index in [1.165, 1.54) is 16.8 Å². The molecule has 0 aromatic heterocycles. The van der Waals surface area contributed by atoms with Crippen LogP contribution >= 0.6 is 0 Å². The monoisotopic (exact) mass is 658 g/mol. The third kappa shape index (κ3) is 11.7. The maximum absolute atomic E-state index is 12.8. The Balaban J connectivity index is 1.74. The van der Waals surface area contributed by atoms with Crippen LogP contribution in [0.15, 0.2) is 24.3 Å². The molecule has 14 heteroatoms. The zero-order valence-electron chi connectivity index (χ0n) is 28.5. The van der Waals surface area contributed by atoms with Crippen LogP contribution in [0.2, 0.25) is 0 Å². The highest BCUT2D eigenvalue weighted by Crippen LogP contribution is 2.31. The van der Waals surface area contributed by atoms with Crippen molar-refractivity contribution in [3.63, 3.8) is 0 Å². The van der Waals surface area contributed by atoms with Crippen molar-refractivity contribution in [3.05, 3.63) is 29.8 Å². The molecule has 260 valence electrons. The van der Waals surface area contributed by atoms with Crippen LogP contribution in [0.3, 0.4) is 0 Å². The van der Waals surface area contributed by atoms with Gasteiger partial charge in [-0.05, 0) is 42.4 Å². The van der Waals surface area contributed by atoms with Gasteiger partial charge in [0.25, 0.3) is 0 Å². The van der Waals surface area contributed by atoms with E-state index >= 15 is 0 Å². The van der Waals surface area contributed by atoms with Crippen LogP contribution in [0.4, 0.5) is 10.5 Å². The molecule has 0 radical (unpaired) electrons. The lowest BCUT2D eigenvalue weighted by Crippen LogP contribution is -2.51. The molecule has 0 aliphatic carbocycles. The average molecular weight is 659 g/mol. The number of ether oxygens (including phenoxy) is 1. The van der Waals surface area contributed by atoms with Gasteiger partial charge in [-0.15, -0.1) is 0 Å². The Morgan fingerprint density at radius 1 is 0.957 bits per heavy atom. The number of likely N-dealkylation sites (tertiary alicyclic amines) is 1. The summed E-state index contributed by atoms with van der Waals surface area (Å²) in [5.74, 6) is -2.64. The van der Waals surface area contributed by atoms with E-state index in [0.29, 0.717) is 37.1 Å². The number of unbranched alkanes of at least 4 members (excludes halogenated alkanes) is 2. The number of likely N-dealkylation sites (N-methyl/N-ethyl adjacent to an activating group) is 1. The van der Waals surface area contributed by atoms with E-state index in [1.54, 1.807) is 65.8 Å². The van der Waals surface area contributed by atoms with Gasteiger partial charge >= 0.3 is 6.09 Å². The van der Waals surface area contributed by atoms with E-state index in [4.69, 9.17) is 10.5 Å². The largest absolute Gasteiger partial charge is 0.445 e. The van der Waals surface area contributed by atoms with Crippen LogP contribution in [-0.2, 0) is 40.1 Å². The summed E-state index contributed by atoms with van der Waals surface area (Å²) in [6.07, 6.45) is 1.47. The minimum absolute atomic E-state index is 0.0571. The van der Waals surface area contributed by atoms with Gasteiger partial charge in [0.05, 0.1) is 12.0 Å². The number of nitrogens with two attached hydrogens (primary N) is 1. The quantitative estimate of drug-likeness (QED) is 0.144. The molecule has 0 saturated carbocycles.